The lowest BCUT2D eigenvalue weighted by Gasteiger charge is -2.21. The third-order valence-electron chi connectivity index (χ3n) is 3.70. The Morgan fingerprint density at radius 3 is 2.60 bits per heavy atom. The molecule has 20 heavy (non-hydrogen) atoms. The number of nitrogens with zero attached hydrogens (tertiary/aromatic N) is 3. The molecule has 2 aromatic heterocycles. The molecular weight excluding hydrogens is 252 g/mol. The molecule has 0 aliphatic rings. The van der Waals surface area contributed by atoms with Gasteiger partial charge in [-0.25, -0.2) is 0 Å². The van der Waals surface area contributed by atoms with Crippen molar-refractivity contribution in [2.24, 2.45) is 20.0 Å². The van der Waals surface area contributed by atoms with Gasteiger partial charge in [-0.05, 0) is 24.1 Å². The molecule has 0 spiro atoms. The maximum atomic E-state index is 12.2. The second kappa shape index (κ2) is 5.94. The van der Waals surface area contributed by atoms with E-state index in [2.05, 4.69) is 24.3 Å². The number of carbonyl (C=O) groups excluding carboxylic acids is 1. The summed E-state index contributed by atoms with van der Waals surface area (Å²) in [7, 11) is 3.81. The van der Waals surface area contributed by atoms with E-state index in [1.54, 1.807) is 6.20 Å². The van der Waals surface area contributed by atoms with Gasteiger partial charge in [-0.3, -0.25) is 9.48 Å². The maximum Gasteiger partial charge on any atom is 0.267 e. The fourth-order valence-electron chi connectivity index (χ4n) is 2.42. The van der Waals surface area contributed by atoms with Crippen molar-refractivity contribution in [1.29, 1.82) is 0 Å². The van der Waals surface area contributed by atoms with Gasteiger partial charge in [0.1, 0.15) is 5.69 Å². The van der Waals surface area contributed by atoms with Crippen molar-refractivity contribution in [3.8, 4) is 0 Å². The summed E-state index contributed by atoms with van der Waals surface area (Å²) in [5, 5.41) is 7.23. The lowest BCUT2D eigenvalue weighted by Crippen LogP contribution is -2.32. The third-order valence-corrected chi connectivity index (χ3v) is 3.70. The number of aryl methyl sites for hydroxylation is 2. The third kappa shape index (κ3) is 2.92. The van der Waals surface area contributed by atoms with E-state index in [9.17, 15) is 4.79 Å². The average molecular weight is 274 g/mol. The molecule has 2 rings (SSSR count). The van der Waals surface area contributed by atoms with Crippen molar-refractivity contribution in [3.63, 3.8) is 0 Å². The van der Waals surface area contributed by atoms with Crippen molar-refractivity contribution < 1.29 is 4.79 Å². The molecule has 2 aromatic rings. The van der Waals surface area contributed by atoms with Crippen LogP contribution in [0.4, 0.5) is 0 Å². The number of rotatable bonds is 5. The molecule has 0 aliphatic carbocycles. The molecule has 1 amide bonds. The summed E-state index contributed by atoms with van der Waals surface area (Å²) in [4.78, 5) is 12.2. The number of amides is 1. The normalized spacial score (nSPS) is 12.7. The van der Waals surface area contributed by atoms with E-state index in [4.69, 9.17) is 0 Å². The van der Waals surface area contributed by atoms with E-state index < -0.39 is 0 Å². The average Bonchev–Trinajstić information content (AvgIpc) is 2.98. The molecule has 0 bridgehead atoms. The van der Waals surface area contributed by atoms with Crippen molar-refractivity contribution in [1.82, 2.24) is 19.7 Å². The Morgan fingerprint density at radius 1 is 1.35 bits per heavy atom. The van der Waals surface area contributed by atoms with Crippen LogP contribution >= 0.6 is 0 Å². The smallest absolute Gasteiger partial charge is 0.267 e. The Hall–Kier alpha value is -2.04. The Labute approximate surface area is 119 Å². The summed E-state index contributed by atoms with van der Waals surface area (Å²) in [6, 6.07) is 5.71. The molecule has 2 heterocycles. The predicted molar refractivity (Wildman–Crippen MR) is 78.5 cm³/mol. The van der Waals surface area contributed by atoms with Crippen molar-refractivity contribution in [3.05, 3.63) is 42.0 Å². The molecule has 0 aliphatic heterocycles. The lowest BCUT2D eigenvalue weighted by molar-refractivity contribution is 0.0940. The Kier molecular flexibility index (Phi) is 4.27. The molecule has 0 radical (unpaired) electrons. The van der Waals surface area contributed by atoms with Crippen LogP contribution in [-0.2, 0) is 14.1 Å². The minimum Gasteiger partial charge on any atom is -0.350 e. The number of hydrogen-bond donors (Lipinski definition) is 1. The van der Waals surface area contributed by atoms with Crippen LogP contribution in [0.1, 0.15) is 35.9 Å². The first-order valence-corrected chi connectivity index (χ1v) is 6.88. The number of nitrogens with one attached hydrogen (secondary N) is 1. The lowest BCUT2D eigenvalue weighted by atomic mass is 9.92. The van der Waals surface area contributed by atoms with Gasteiger partial charge in [-0.2, -0.15) is 5.10 Å². The van der Waals surface area contributed by atoms with E-state index in [0.29, 0.717) is 18.2 Å². The molecule has 0 aromatic carbocycles. The van der Waals surface area contributed by atoms with Gasteiger partial charge in [-0.15, -0.1) is 0 Å². The first kappa shape index (κ1) is 14.4. The van der Waals surface area contributed by atoms with Crippen molar-refractivity contribution in [2.45, 2.75) is 19.8 Å². The van der Waals surface area contributed by atoms with Gasteiger partial charge in [-0.1, -0.05) is 13.8 Å². The van der Waals surface area contributed by atoms with Crippen LogP contribution in [0.3, 0.4) is 0 Å². The fourth-order valence-corrected chi connectivity index (χ4v) is 2.42. The van der Waals surface area contributed by atoms with Crippen LogP contribution in [-0.4, -0.2) is 26.8 Å². The summed E-state index contributed by atoms with van der Waals surface area (Å²) in [5.41, 5.74) is 1.82. The predicted octanol–water partition coefficient (Wildman–Crippen LogP) is 1.93. The van der Waals surface area contributed by atoms with Crippen LogP contribution in [0.5, 0.6) is 0 Å². The molecule has 1 atom stereocenters. The number of hydrogen-bond acceptors (Lipinski definition) is 2. The monoisotopic (exact) mass is 274 g/mol. The topological polar surface area (TPSA) is 51.9 Å². The van der Waals surface area contributed by atoms with E-state index in [-0.39, 0.29) is 11.8 Å². The molecule has 5 nitrogen and oxygen atoms in total. The minimum atomic E-state index is -0.0367. The molecular formula is C15H22N4O. The Balaban J connectivity index is 2.06. The van der Waals surface area contributed by atoms with E-state index >= 15 is 0 Å². The highest BCUT2D eigenvalue weighted by Crippen LogP contribution is 2.22. The van der Waals surface area contributed by atoms with Crippen molar-refractivity contribution in [2.75, 3.05) is 6.54 Å². The molecule has 0 saturated carbocycles. The molecule has 0 saturated heterocycles. The van der Waals surface area contributed by atoms with E-state index in [1.165, 1.54) is 0 Å². The molecule has 108 valence electrons. The second-order valence-electron chi connectivity index (χ2n) is 5.44. The van der Waals surface area contributed by atoms with Gasteiger partial charge >= 0.3 is 0 Å². The molecule has 0 unspecified atom stereocenters. The highest BCUT2D eigenvalue weighted by molar-refractivity contribution is 5.92. The molecule has 0 fully saturated rings. The minimum absolute atomic E-state index is 0.0367. The van der Waals surface area contributed by atoms with Gasteiger partial charge in [0.2, 0.25) is 0 Å². The van der Waals surface area contributed by atoms with Crippen LogP contribution < -0.4 is 5.32 Å². The highest BCUT2D eigenvalue weighted by Gasteiger charge is 2.20. The van der Waals surface area contributed by atoms with Gasteiger partial charge in [0.15, 0.2) is 0 Å². The van der Waals surface area contributed by atoms with E-state index in [0.717, 1.165) is 5.69 Å². The number of carbonyl (C=O) groups is 1. The Morgan fingerprint density at radius 2 is 2.10 bits per heavy atom. The quantitative estimate of drug-likeness (QED) is 0.905. The zero-order valence-corrected chi connectivity index (χ0v) is 12.5. The largest absolute Gasteiger partial charge is 0.350 e. The summed E-state index contributed by atoms with van der Waals surface area (Å²) < 4.78 is 3.70. The highest BCUT2D eigenvalue weighted by atomic mass is 16.1. The Bertz CT molecular complexity index is 582. The van der Waals surface area contributed by atoms with Crippen LogP contribution in [0.2, 0.25) is 0 Å². The fraction of sp³-hybridized carbons (Fsp3) is 0.467. The van der Waals surface area contributed by atoms with Crippen molar-refractivity contribution >= 4 is 5.91 Å². The van der Waals surface area contributed by atoms with Crippen LogP contribution in [0.15, 0.2) is 30.6 Å². The SMILES string of the molecule is CC(C)[C@H](CNC(=O)c1cccn1C)c1ccnn1C. The van der Waals surface area contributed by atoms with Gasteiger partial charge in [0.05, 0.1) is 0 Å². The zero-order valence-electron chi connectivity index (χ0n) is 12.5. The first-order chi connectivity index (χ1) is 9.50. The van der Waals surface area contributed by atoms with E-state index in [1.807, 2.05) is 47.7 Å². The first-order valence-electron chi connectivity index (χ1n) is 6.88. The van der Waals surface area contributed by atoms with Crippen LogP contribution in [0, 0.1) is 5.92 Å². The summed E-state index contributed by atoms with van der Waals surface area (Å²) >= 11 is 0. The van der Waals surface area contributed by atoms with Gasteiger partial charge in [0, 0.05) is 44.6 Å². The number of aromatic nitrogens is 3. The second-order valence-corrected chi connectivity index (χ2v) is 5.44. The maximum absolute atomic E-state index is 12.2. The summed E-state index contributed by atoms with van der Waals surface area (Å²) in [6.45, 7) is 4.93. The molecule has 1 N–H and O–H groups in total. The zero-order chi connectivity index (χ0) is 14.7. The van der Waals surface area contributed by atoms with Crippen LogP contribution in [0.25, 0.3) is 0 Å². The van der Waals surface area contributed by atoms with Gasteiger partial charge in [0.25, 0.3) is 5.91 Å². The van der Waals surface area contributed by atoms with Gasteiger partial charge < -0.3 is 9.88 Å². The summed E-state index contributed by atoms with van der Waals surface area (Å²) in [6.07, 6.45) is 3.67. The standard InChI is InChI=1S/C15H22N4O/c1-11(2)12(13-7-8-17-19(13)4)10-16-15(20)14-6-5-9-18(14)3/h5-9,11-12H,10H2,1-4H3,(H,16,20)/t12-/m0/s1. The molecule has 5 heteroatoms. The summed E-state index contributed by atoms with van der Waals surface area (Å²) in [5.74, 6) is 0.649.